The number of aliphatic hydroxyl groups excluding tert-OH is 1. The molecule has 0 amide bonds. The summed E-state index contributed by atoms with van der Waals surface area (Å²) in [4.78, 5) is 2.85. The molecule has 4 N–H and O–H groups in total. The van der Waals surface area contributed by atoms with Gasteiger partial charge in [0, 0.05) is 12.4 Å². The maximum absolute atomic E-state index is 8.57. The Morgan fingerprint density at radius 1 is 1.70 bits per heavy atom. The zero-order chi connectivity index (χ0) is 6.69. The Kier molecular flexibility index (Phi) is 4.11. The molecule has 0 unspecified atom stereocenters. The molecule has 3 nitrogen and oxygen atoms in total. The van der Waals surface area contributed by atoms with Crippen molar-refractivity contribution >= 4 is 12.4 Å². The van der Waals surface area contributed by atoms with Gasteiger partial charge in [0.25, 0.3) is 0 Å². The summed E-state index contributed by atoms with van der Waals surface area (Å²) < 4.78 is 0. The van der Waals surface area contributed by atoms with Crippen molar-refractivity contribution in [2.45, 2.75) is 6.04 Å². The Balaban J connectivity index is 0.000000810. The van der Waals surface area contributed by atoms with Crippen molar-refractivity contribution < 1.29 is 5.11 Å². The molecule has 1 aromatic heterocycles. The van der Waals surface area contributed by atoms with Crippen LogP contribution in [0.5, 0.6) is 0 Å². The van der Waals surface area contributed by atoms with E-state index < -0.39 is 0 Å². The number of aromatic amines is 1. The maximum Gasteiger partial charge on any atom is 0.0624 e. The summed E-state index contributed by atoms with van der Waals surface area (Å²) in [5.74, 6) is 0. The van der Waals surface area contributed by atoms with Gasteiger partial charge in [-0.15, -0.1) is 12.4 Å². The standard InChI is InChI=1S/C6H10N2O.ClH/c7-6(4-9)5-1-2-8-3-5;/h1-3,6,8-9H,4,7H2;1H/t6-;/m0./s1. The fraction of sp³-hybridized carbons (Fsp3) is 0.333. The average Bonchev–Trinajstić information content (AvgIpc) is 2.37. The van der Waals surface area contributed by atoms with Gasteiger partial charge in [-0.2, -0.15) is 0 Å². The number of nitrogens with one attached hydrogen (secondary N) is 1. The fourth-order valence-corrected chi connectivity index (χ4v) is 0.673. The van der Waals surface area contributed by atoms with Crippen molar-refractivity contribution in [1.29, 1.82) is 0 Å². The van der Waals surface area contributed by atoms with Gasteiger partial charge >= 0.3 is 0 Å². The highest BCUT2D eigenvalue weighted by atomic mass is 35.5. The van der Waals surface area contributed by atoms with Gasteiger partial charge in [-0.05, 0) is 11.6 Å². The molecule has 1 aromatic rings. The second-order valence-electron chi connectivity index (χ2n) is 1.93. The Morgan fingerprint density at radius 3 is 2.80 bits per heavy atom. The van der Waals surface area contributed by atoms with E-state index in [1.54, 1.807) is 12.4 Å². The van der Waals surface area contributed by atoms with E-state index in [9.17, 15) is 0 Å². The summed E-state index contributed by atoms with van der Waals surface area (Å²) in [6.07, 6.45) is 3.56. The van der Waals surface area contributed by atoms with Crippen LogP contribution in [0.2, 0.25) is 0 Å². The minimum absolute atomic E-state index is 0. The summed E-state index contributed by atoms with van der Waals surface area (Å²) >= 11 is 0. The predicted octanol–water partition coefficient (Wildman–Crippen LogP) is 0.429. The summed E-state index contributed by atoms with van der Waals surface area (Å²) in [7, 11) is 0. The molecule has 10 heavy (non-hydrogen) atoms. The molecule has 0 saturated carbocycles. The lowest BCUT2D eigenvalue weighted by Crippen LogP contribution is -2.13. The van der Waals surface area contributed by atoms with Crippen molar-refractivity contribution in [3.63, 3.8) is 0 Å². The van der Waals surface area contributed by atoms with Crippen molar-refractivity contribution in [2.75, 3.05) is 6.61 Å². The molecule has 1 atom stereocenters. The quantitative estimate of drug-likeness (QED) is 0.591. The van der Waals surface area contributed by atoms with Crippen molar-refractivity contribution in [2.24, 2.45) is 5.73 Å². The number of aromatic nitrogens is 1. The minimum Gasteiger partial charge on any atom is -0.394 e. The summed E-state index contributed by atoms with van der Waals surface area (Å²) in [6.45, 7) is -0.00213. The van der Waals surface area contributed by atoms with Crippen LogP contribution in [0.1, 0.15) is 11.6 Å². The number of hydrogen-bond donors (Lipinski definition) is 3. The van der Waals surface area contributed by atoms with E-state index in [-0.39, 0.29) is 25.1 Å². The van der Waals surface area contributed by atoms with Crippen molar-refractivity contribution in [1.82, 2.24) is 4.98 Å². The zero-order valence-corrected chi connectivity index (χ0v) is 6.27. The van der Waals surface area contributed by atoms with Gasteiger partial charge < -0.3 is 15.8 Å². The molecule has 0 radical (unpaired) electrons. The molecule has 0 aliphatic rings. The highest BCUT2D eigenvalue weighted by Gasteiger charge is 2.01. The highest BCUT2D eigenvalue weighted by molar-refractivity contribution is 5.85. The number of halogens is 1. The van der Waals surface area contributed by atoms with Crippen LogP contribution in [0.15, 0.2) is 18.5 Å². The molecule has 0 aliphatic carbocycles. The summed E-state index contributed by atoms with van der Waals surface area (Å²) in [5.41, 5.74) is 6.41. The number of aliphatic hydroxyl groups is 1. The van der Waals surface area contributed by atoms with Gasteiger partial charge in [0.2, 0.25) is 0 Å². The van der Waals surface area contributed by atoms with Crippen LogP contribution in [0, 0.1) is 0 Å². The second-order valence-corrected chi connectivity index (χ2v) is 1.93. The highest BCUT2D eigenvalue weighted by Crippen LogP contribution is 2.05. The van der Waals surface area contributed by atoms with E-state index in [2.05, 4.69) is 4.98 Å². The molecule has 0 fully saturated rings. The van der Waals surface area contributed by atoms with Gasteiger partial charge in [-0.3, -0.25) is 0 Å². The smallest absolute Gasteiger partial charge is 0.0624 e. The molecule has 4 heteroatoms. The first kappa shape index (κ1) is 9.49. The lowest BCUT2D eigenvalue weighted by molar-refractivity contribution is 0.268. The van der Waals surface area contributed by atoms with E-state index >= 15 is 0 Å². The van der Waals surface area contributed by atoms with Crippen LogP contribution in [-0.4, -0.2) is 16.7 Å². The minimum atomic E-state index is -0.240. The third kappa shape index (κ3) is 2.02. The van der Waals surface area contributed by atoms with Crippen LogP contribution in [0.3, 0.4) is 0 Å². The monoisotopic (exact) mass is 162 g/mol. The van der Waals surface area contributed by atoms with Crippen LogP contribution < -0.4 is 5.73 Å². The van der Waals surface area contributed by atoms with Gasteiger partial charge in [-0.25, -0.2) is 0 Å². The SMILES string of the molecule is Cl.N[C@@H](CO)c1cc[nH]c1. The Morgan fingerprint density at radius 2 is 2.40 bits per heavy atom. The Labute approximate surface area is 65.7 Å². The van der Waals surface area contributed by atoms with E-state index in [4.69, 9.17) is 10.8 Å². The number of rotatable bonds is 2. The fourth-order valence-electron chi connectivity index (χ4n) is 0.673. The molecule has 1 rings (SSSR count). The van der Waals surface area contributed by atoms with Crippen molar-refractivity contribution in [3.8, 4) is 0 Å². The van der Waals surface area contributed by atoms with Crippen LogP contribution in [0.4, 0.5) is 0 Å². The Bertz CT molecular complexity index is 164. The van der Waals surface area contributed by atoms with E-state index in [0.29, 0.717) is 0 Å². The molecule has 0 spiro atoms. The summed E-state index contributed by atoms with van der Waals surface area (Å²) in [6, 6.07) is 1.61. The molecule has 0 aromatic carbocycles. The number of hydrogen-bond acceptors (Lipinski definition) is 2. The largest absolute Gasteiger partial charge is 0.394 e. The third-order valence-corrected chi connectivity index (χ3v) is 1.25. The number of nitrogens with two attached hydrogens (primary N) is 1. The predicted molar refractivity (Wildman–Crippen MR) is 42.1 cm³/mol. The maximum atomic E-state index is 8.57. The van der Waals surface area contributed by atoms with Gasteiger partial charge in [0.1, 0.15) is 0 Å². The second kappa shape index (κ2) is 4.33. The van der Waals surface area contributed by atoms with Gasteiger partial charge in [0.05, 0.1) is 12.6 Å². The summed E-state index contributed by atoms with van der Waals surface area (Å²) in [5, 5.41) is 8.57. The van der Waals surface area contributed by atoms with E-state index in [0.717, 1.165) is 5.56 Å². The molecular formula is C6H11ClN2O. The molecular weight excluding hydrogens is 152 g/mol. The topological polar surface area (TPSA) is 62.0 Å². The zero-order valence-electron chi connectivity index (χ0n) is 5.45. The normalized spacial score (nSPS) is 12.2. The van der Waals surface area contributed by atoms with Gasteiger partial charge in [-0.1, -0.05) is 0 Å². The average molecular weight is 163 g/mol. The van der Waals surface area contributed by atoms with Crippen LogP contribution in [0.25, 0.3) is 0 Å². The van der Waals surface area contributed by atoms with Gasteiger partial charge in [0.15, 0.2) is 0 Å². The van der Waals surface area contributed by atoms with Crippen LogP contribution in [-0.2, 0) is 0 Å². The molecule has 58 valence electrons. The third-order valence-electron chi connectivity index (χ3n) is 1.25. The first-order valence-corrected chi connectivity index (χ1v) is 2.83. The lowest BCUT2D eigenvalue weighted by atomic mass is 10.2. The lowest BCUT2D eigenvalue weighted by Gasteiger charge is -2.02. The first-order chi connectivity index (χ1) is 4.34. The molecule has 1 heterocycles. The van der Waals surface area contributed by atoms with E-state index in [1.807, 2.05) is 6.07 Å². The molecule has 0 bridgehead atoms. The Hall–Kier alpha value is -0.510. The molecule has 0 saturated heterocycles. The van der Waals surface area contributed by atoms with E-state index in [1.165, 1.54) is 0 Å². The molecule has 0 aliphatic heterocycles. The van der Waals surface area contributed by atoms with Crippen molar-refractivity contribution in [3.05, 3.63) is 24.0 Å². The van der Waals surface area contributed by atoms with Crippen LogP contribution >= 0.6 is 12.4 Å². The number of H-pyrrole nitrogens is 1. The first-order valence-electron chi connectivity index (χ1n) is 2.83.